The molecule has 0 saturated heterocycles. The highest BCUT2D eigenvalue weighted by atomic mass is 79.9. The number of aryl methyl sites for hydroxylation is 2. The van der Waals surface area contributed by atoms with Gasteiger partial charge in [0.2, 0.25) is 10.2 Å². The Labute approximate surface area is 261 Å². The molecule has 2 aromatic heterocycles. The summed E-state index contributed by atoms with van der Waals surface area (Å²) < 4.78 is 2.10. The van der Waals surface area contributed by atoms with Crippen molar-refractivity contribution in [3.05, 3.63) is 50.4 Å². The van der Waals surface area contributed by atoms with Gasteiger partial charge in [0.05, 0.1) is 18.7 Å². The van der Waals surface area contributed by atoms with Gasteiger partial charge < -0.3 is 0 Å². The largest absolute Gasteiger partial charge is 0.281 e. The Hall–Kier alpha value is -0.120. The van der Waals surface area contributed by atoms with E-state index in [9.17, 15) is 9.59 Å². The topological polar surface area (TPSA) is 34.1 Å². The van der Waals surface area contributed by atoms with Crippen molar-refractivity contribution in [2.45, 2.75) is 104 Å². The summed E-state index contributed by atoms with van der Waals surface area (Å²) in [6.07, 6.45) is 16.9. The highest BCUT2D eigenvalue weighted by Gasteiger charge is 2.42. The number of halogens is 2. The van der Waals surface area contributed by atoms with E-state index >= 15 is 0 Å². The number of hydrogen-bond acceptors (Lipinski definition) is 6. The molecule has 4 heterocycles. The Bertz CT molecular complexity index is 1130. The van der Waals surface area contributed by atoms with Crippen LogP contribution in [0.2, 0.25) is 0 Å². The summed E-state index contributed by atoms with van der Waals surface area (Å²) in [5, 5.41) is 0.165. The zero-order chi connectivity index (χ0) is 27.1. The van der Waals surface area contributed by atoms with E-state index in [0.29, 0.717) is 0 Å². The number of fused-ring (bicyclic) bond motifs is 1. The Kier molecular flexibility index (Phi) is 12.3. The summed E-state index contributed by atoms with van der Waals surface area (Å²) in [6, 6.07) is 4.35. The van der Waals surface area contributed by atoms with Crippen molar-refractivity contribution in [1.29, 1.82) is 0 Å². The molecule has 8 heteroatoms. The maximum absolute atomic E-state index is 13.4. The Morgan fingerprint density at radius 1 is 0.579 bits per heavy atom. The van der Waals surface area contributed by atoms with Crippen molar-refractivity contribution < 1.29 is 9.59 Å². The van der Waals surface area contributed by atoms with Gasteiger partial charge >= 0.3 is 0 Å². The van der Waals surface area contributed by atoms with Crippen molar-refractivity contribution in [2.75, 3.05) is 0 Å². The number of carbonyl (C=O) groups excluding carboxylic acids is 2. The van der Waals surface area contributed by atoms with E-state index in [0.717, 1.165) is 64.0 Å². The molecule has 0 atom stereocenters. The number of thiophene rings is 2. The molecular formula is C30H36Br2O2S4. The first kappa shape index (κ1) is 30.8. The second-order valence-electron chi connectivity index (χ2n) is 10.0. The van der Waals surface area contributed by atoms with Gasteiger partial charge in [-0.15, -0.1) is 22.7 Å². The molecule has 0 bridgehead atoms. The van der Waals surface area contributed by atoms with Gasteiger partial charge in [-0.1, -0.05) is 78.1 Å². The number of rotatable bonds is 16. The van der Waals surface area contributed by atoms with E-state index in [2.05, 4.69) is 57.8 Å². The first-order chi connectivity index (χ1) is 18.4. The lowest BCUT2D eigenvalue weighted by Gasteiger charge is -2.06. The molecule has 4 rings (SSSR count). The number of carbonyl (C=O) groups is 2. The first-order valence-electron chi connectivity index (χ1n) is 13.9. The predicted octanol–water partition coefficient (Wildman–Crippen LogP) is 11.8. The zero-order valence-corrected chi connectivity index (χ0v) is 28.7. The van der Waals surface area contributed by atoms with Crippen LogP contribution in [-0.2, 0) is 22.4 Å². The lowest BCUT2D eigenvalue weighted by molar-refractivity contribution is -0.106. The standard InChI is InChI=1S/C30H36Br2O2S4/c1-3-5-7-9-11-13-15-19-17-21(31)35-25(19)23-27-28(38-29(23)33)24(30(34)37-27)26-20(18-22(32)36-26)16-14-12-10-8-6-4-2/h17-18H,3-16H2,1-2H3. The van der Waals surface area contributed by atoms with E-state index < -0.39 is 0 Å². The highest BCUT2D eigenvalue weighted by molar-refractivity contribution is 9.11. The van der Waals surface area contributed by atoms with Crippen LogP contribution in [0.1, 0.15) is 112 Å². The van der Waals surface area contributed by atoms with Crippen LogP contribution in [0, 0.1) is 0 Å². The molecule has 0 amide bonds. The second kappa shape index (κ2) is 15.2. The third-order valence-electron chi connectivity index (χ3n) is 7.07. The van der Waals surface area contributed by atoms with Crippen molar-refractivity contribution in [3.8, 4) is 0 Å². The molecule has 0 fully saturated rings. The summed E-state index contributed by atoms with van der Waals surface area (Å²) in [6.45, 7) is 4.49. The van der Waals surface area contributed by atoms with Gasteiger partial charge in [0.1, 0.15) is 0 Å². The van der Waals surface area contributed by atoms with E-state index in [1.54, 1.807) is 22.7 Å². The molecule has 2 aromatic rings. The number of hydrogen-bond donors (Lipinski definition) is 0. The molecule has 2 aliphatic rings. The van der Waals surface area contributed by atoms with Gasteiger partial charge in [-0.25, -0.2) is 0 Å². The normalized spacial score (nSPS) is 15.5. The van der Waals surface area contributed by atoms with Gasteiger partial charge in [-0.05, 0) is 104 Å². The molecule has 0 aliphatic carbocycles. The van der Waals surface area contributed by atoms with Gasteiger partial charge in [0, 0.05) is 19.6 Å². The predicted molar refractivity (Wildman–Crippen MR) is 177 cm³/mol. The summed E-state index contributed by atoms with van der Waals surface area (Å²) in [4.78, 5) is 30.7. The van der Waals surface area contributed by atoms with Crippen LogP contribution in [0.5, 0.6) is 0 Å². The van der Waals surface area contributed by atoms with E-state index in [4.69, 9.17) is 0 Å². The average Bonchev–Trinajstić information content (AvgIpc) is 3.59. The molecule has 0 radical (unpaired) electrons. The minimum Gasteiger partial charge on any atom is -0.281 e. The van der Waals surface area contributed by atoms with Crippen LogP contribution in [0.3, 0.4) is 0 Å². The molecular weight excluding hydrogens is 680 g/mol. The summed E-state index contributed by atoms with van der Waals surface area (Å²) in [7, 11) is 0. The number of unbranched alkanes of at least 4 members (excludes halogenated alkanes) is 10. The maximum atomic E-state index is 13.4. The average molecular weight is 717 g/mol. The summed E-state index contributed by atoms with van der Waals surface area (Å²) >= 11 is 13.1. The van der Waals surface area contributed by atoms with Gasteiger partial charge in [0.15, 0.2) is 0 Å². The van der Waals surface area contributed by atoms with E-state index in [1.165, 1.54) is 98.9 Å². The SMILES string of the molecule is CCCCCCCCc1cc(Br)sc1C1=C2SC(=O)C(c3sc(Br)cc3CCCCCCCC)=C2SC1=O. The van der Waals surface area contributed by atoms with Crippen molar-refractivity contribution >= 4 is 99.4 Å². The zero-order valence-electron chi connectivity index (χ0n) is 22.3. The smallest absolute Gasteiger partial charge is 0.226 e. The number of thioether (sulfide) groups is 2. The fourth-order valence-electron chi connectivity index (χ4n) is 5.06. The second-order valence-corrected chi connectivity index (χ2v) is 16.9. The molecule has 0 spiro atoms. The molecule has 0 aromatic carbocycles. The van der Waals surface area contributed by atoms with Crippen molar-refractivity contribution in [2.24, 2.45) is 0 Å². The first-order valence-corrected chi connectivity index (χ1v) is 18.8. The Balaban J connectivity index is 1.56. The Morgan fingerprint density at radius 3 is 1.34 bits per heavy atom. The van der Waals surface area contributed by atoms with Crippen LogP contribution in [0.15, 0.2) is 29.5 Å². The van der Waals surface area contributed by atoms with Crippen LogP contribution >= 0.6 is 78.1 Å². The van der Waals surface area contributed by atoms with E-state index in [1.807, 2.05) is 0 Å². The fraction of sp³-hybridized carbons (Fsp3) is 0.533. The molecule has 2 nitrogen and oxygen atoms in total. The molecule has 0 unspecified atom stereocenters. The summed E-state index contributed by atoms with van der Waals surface area (Å²) in [5.41, 5.74) is 3.98. The van der Waals surface area contributed by atoms with Crippen LogP contribution in [0.4, 0.5) is 0 Å². The fourth-order valence-corrected chi connectivity index (χ4v) is 11.2. The quantitative estimate of drug-likeness (QED) is 0.162. The highest BCUT2D eigenvalue weighted by Crippen LogP contribution is 2.59. The molecule has 206 valence electrons. The third-order valence-corrected chi connectivity index (χ3v) is 12.6. The lowest BCUT2D eigenvalue weighted by atomic mass is 10.0. The maximum Gasteiger partial charge on any atom is 0.226 e. The van der Waals surface area contributed by atoms with E-state index in [-0.39, 0.29) is 10.2 Å². The Morgan fingerprint density at radius 2 is 0.947 bits per heavy atom. The van der Waals surface area contributed by atoms with Gasteiger partial charge in [0.25, 0.3) is 0 Å². The van der Waals surface area contributed by atoms with Crippen molar-refractivity contribution in [1.82, 2.24) is 0 Å². The van der Waals surface area contributed by atoms with Gasteiger partial charge in [-0.3, -0.25) is 9.59 Å². The monoisotopic (exact) mass is 714 g/mol. The molecule has 38 heavy (non-hydrogen) atoms. The molecule has 2 aliphatic heterocycles. The van der Waals surface area contributed by atoms with Crippen LogP contribution in [0.25, 0.3) is 11.1 Å². The van der Waals surface area contributed by atoms with Gasteiger partial charge in [-0.2, -0.15) is 0 Å². The lowest BCUT2D eigenvalue weighted by Crippen LogP contribution is -1.98. The summed E-state index contributed by atoms with van der Waals surface area (Å²) in [5.74, 6) is 0. The van der Waals surface area contributed by atoms with Crippen LogP contribution < -0.4 is 0 Å². The molecule has 0 N–H and O–H groups in total. The van der Waals surface area contributed by atoms with Crippen LogP contribution in [-0.4, -0.2) is 10.2 Å². The molecule has 0 saturated carbocycles. The minimum atomic E-state index is 0.0825. The third kappa shape index (κ3) is 7.58. The van der Waals surface area contributed by atoms with Crippen molar-refractivity contribution in [3.63, 3.8) is 0 Å². The minimum absolute atomic E-state index is 0.0825.